The molecule has 5 aliphatic heterocycles. The molecule has 0 radical (unpaired) electrons. The van der Waals surface area contributed by atoms with E-state index in [1.807, 2.05) is 72.7 Å². The maximum Gasteiger partial charge on any atom is 0.324 e. The van der Waals surface area contributed by atoms with Gasteiger partial charge in [0.15, 0.2) is 18.2 Å². The Hall–Kier alpha value is -3.87. The Kier molecular flexibility index (Phi) is 15.9. The molecule has 7 heterocycles. The van der Waals surface area contributed by atoms with Crippen LogP contribution in [0.1, 0.15) is 101 Å². The average Bonchev–Trinajstić information content (AvgIpc) is 4.02. The van der Waals surface area contributed by atoms with Crippen LogP contribution < -0.4 is 5.32 Å². The molecule has 0 aliphatic carbocycles. The van der Waals surface area contributed by atoms with E-state index in [1.54, 1.807) is 46.0 Å². The lowest BCUT2D eigenvalue weighted by Gasteiger charge is -2.50. The Bertz CT molecular complexity index is 2200. The third kappa shape index (κ3) is 10.3. The summed E-state index contributed by atoms with van der Waals surface area (Å²) in [7, 11) is 5.28. The van der Waals surface area contributed by atoms with Crippen molar-refractivity contribution in [2.75, 3.05) is 34.4 Å². The number of cyclic esters (lactones) is 1. The summed E-state index contributed by atoms with van der Waals surface area (Å²) >= 11 is 0. The predicted molar refractivity (Wildman–Crippen MR) is 249 cm³/mol. The summed E-state index contributed by atoms with van der Waals surface area (Å²) in [4.78, 5) is 50.3. The maximum absolute atomic E-state index is 15.4. The first-order valence-corrected chi connectivity index (χ1v) is 24.4. The van der Waals surface area contributed by atoms with Gasteiger partial charge in [-0.3, -0.25) is 19.4 Å². The standard InChI is InChI=1S/C51H74N4O14/c1-14-36-51(10)41-38(46(60)68-51)53-26-48(41,7)42(57)27(2)24-50(9,62-21-17-18-32-23-34(54-69-32)33-19-15-16-20-52-33)44(67-47-39(56)35(55(11)12)22-28(3)63-47)29(4)40(30(5)45(59)65-36)66-37-25-49(8,61-13)43(58)31(6)64-37/h15-16,19-20,23,27-31,35-41,43-44,47,53,56,58H,14,21-22,24-26H2,1-13H3/t27-,28-,29-,30-,31+,35+,36-,37+,38-,39-,40?,41-,43+,44-,47+,48-,49-,50+,51-/m1/s1. The number of pyridine rings is 1. The van der Waals surface area contributed by atoms with Gasteiger partial charge in [0.2, 0.25) is 5.76 Å². The molecule has 0 aromatic carbocycles. The number of aliphatic hydroxyl groups excluding tert-OH is 2. The van der Waals surface area contributed by atoms with Crippen LogP contribution in [0, 0.1) is 40.9 Å². The van der Waals surface area contributed by atoms with E-state index >= 15 is 4.79 Å². The molecule has 5 saturated heterocycles. The molecule has 0 bridgehead atoms. The number of likely N-dealkylation sites (N-methyl/N-ethyl adjacent to an activating group) is 1. The first-order chi connectivity index (χ1) is 32.5. The number of rotatable bonds is 10. The van der Waals surface area contributed by atoms with Crippen molar-refractivity contribution in [1.82, 2.24) is 20.4 Å². The van der Waals surface area contributed by atoms with Crippen LogP contribution in [0.15, 0.2) is 35.0 Å². The normalized spacial score (nSPS) is 43.1. The molecule has 7 rings (SSSR count). The summed E-state index contributed by atoms with van der Waals surface area (Å²) in [5, 5.41) is 30.6. The second kappa shape index (κ2) is 20.7. The summed E-state index contributed by atoms with van der Waals surface area (Å²) < 4.78 is 57.8. The number of carbonyl (C=O) groups excluding carboxylic acids is 3. The maximum atomic E-state index is 15.4. The number of nitrogens with one attached hydrogen (secondary N) is 1. The fourth-order valence-electron chi connectivity index (χ4n) is 12.0. The zero-order valence-electron chi connectivity index (χ0n) is 42.4. The van der Waals surface area contributed by atoms with Gasteiger partial charge < -0.3 is 62.8 Å². The third-order valence-corrected chi connectivity index (χ3v) is 15.8. The summed E-state index contributed by atoms with van der Waals surface area (Å²) in [6.45, 7) is 18.1. The van der Waals surface area contributed by atoms with Crippen LogP contribution in [0.4, 0.5) is 0 Å². The lowest BCUT2D eigenvalue weighted by molar-refractivity contribution is -0.320. The highest BCUT2D eigenvalue weighted by molar-refractivity contribution is 5.91. The number of methoxy groups -OCH3 is 1. The molecule has 3 N–H and O–H groups in total. The highest BCUT2D eigenvalue weighted by Gasteiger charge is 2.69. The minimum Gasteiger partial charge on any atom is -0.458 e. The van der Waals surface area contributed by atoms with Gasteiger partial charge in [-0.05, 0) is 93.0 Å². The first kappa shape index (κ1) is 52.9. The number of carbonyl (C=O) groups is 3. The number of esters is 2. The molecule has 2 aromatic heterocycles. The monoisotopic (exact) mass is 967 g/mol. The van der Waals surface area contributed by atoms with Gasteiger partial charge in [0.05, 0.1) is 47.2 Å². The van der Waals surface area contributed by atoms with Crippen molar-refractivity contribution in [3.05, 3.63) is 36.2 Å². The molecule has 2 aromatic rings. The fraction of sp³-hybridized carbons (Fsp3) is 0.745. The van der Waals surface area contributed by atoms with E-state index in [2.05, 4.69) is 27.3 Å². The molecule has 0 amide bonds. The van der Waals surface area contributed by atoms with Gasteiger partial charge in [-0.2, -0.15) is 0 Å². The number of hydrogen-bond donors (Lipinski definition) is 3. The van der Waals surface area contributed by atoms with E-state index < -0.39 is 113 Å². The molecule has 18 heteroatoms. The Morgan fingerprint density at radius 1 is 0.957 bits per heavy atom. The van der Waals surface area contributed by atoms with Crippen molar-refractivity contribution in [3.63, 3.8) is 0 Å². The van der Waals surface area contributed by atoms with Crippen LogP contribution in [-0.2, 0) is 52.3 Å². The second-order valence-electron chi connectivity index (χ2n) is 21.2. The Balaban J connectivity index is 1.35. The summed E-state index contributed by atoms with van der Waals surface area (Å²) in [6.07, 6.45) is -5.87. The number of ether oxygens (including phenoxy) is 8. The van der Waals surface area contributed by atoms with Crippen molar-refractivity contribution in [2.24, 2.45) is 29.1 Å². The number of aliphatic hydroxyl groups is 2. The van der Waals surface area contributed by atoms with Crippen molar-refractivity contribution in [1.29, 1.82) is 0 Å². The second-order valence-corrected chi connectivity index (χ2v) is 21.2. The number of Topliss-reactive ketones (excluding diaryl/α,β-unsaturated/α-hetero) is 1. The van der Waals surface area contributed by atoms with Gasteiger partial charge in [0, 0.05) is 61.5 Å². The quantitative estimate of drug-likeness (QED) is 0.226. The number of hydrogen-bond acceptors (Lipinski definition) is 18. The molecule has 19 atom stereocenters. The average molecular weight is 967 g/mol. The van der Waals surface area contributed by atoms with Crippen LogP contribution in [0.5, 0.6) is 0 Å². The van der Waals surface area contributed by atoms with E-state index in [9.17, 15) is 19.8 Å². The van der Waals surface area contributed by atoms with Gasteiger partial charge >= 0.3 is 11.9 Å². The van der Waals surface area contributed by atoms with Gasteiger partial charge in [-0.25, -0.2) is 0 Å². The van der Waals surface area contributed by atoms with Crippen LogP contribution >= 0.6 is 0 Å². The summed E-state index contributed by atoms with van der Waals surface area (Å²) in [6, 6.07) is 5.98. The van der Waals surface area contributed by atoms with Crippen LogP contribution in [-0.4, -0.2) is 162 Å². The third-order valence-electron chi connectivity index (χ3n) is 15.8. The zero-order valence-corrected chi connectivity index (χ0v) is 42.4. The van der Waals surface area contributed by atoms with Gasteiger partial charge in [0.25, 0.3) is 0 Å². The lowest BCUT2D eigenvalue weighted by atomic mass is 9.62. The van der Waals surface area contributed by atoms with E-state index in [0.717, 1.165) is 0 Å². The Labute approximate surface area is 406 Å². The van der Waals surface area contributed by atoms with Gasteiger partial charge in [-0.15, -0.1) is 0 Å². The summed E-state index contributed by atoms with van der Waals surface area (Å²) in [5.74, 6) is 1.72. The number of nitrogens with zero attached hydrogens (tertiary/aromatic N) is 3. The van der Waals surface area contributed by atoms with Crippen molar-refractivity contribution < 1.29 is 67.0 Å². The smallest absolute Gasteiger partial charge is 0.324 e. The molecule has 5 fully saturated rings. The molecule has 5 aliphatic rings. The molecule has 69 heavy (non-hydrogen) atoms. The van der Waals surface area contributed by atoms with Crippen LogP contribution in [0.3, 0.4) is 0 Å². The summed E-state index contributed by atoms with van der Waals surface area (Å²) in [5.41, 5.74) is -3.94. The van der Waals surface area contributed by atoms with Gasteiger partial charge in [0.1, 0.15) is 42.4 Å². The Morgan fingerprint density at radius 2 is 1.70 bits per heavy atom. The zero-order chi connectivity index (χ0) is 50.4. The molecule has 0 spiro atoms. The SMILES string of the molecule is CC[C@H]1OC(=O)[C@H](C)C(O[C@H]2C[C@@](C)(OC)[C@@H](O)[C@H](C)O2)[C@@H](C)[C@@H](O[C@@H]2O[C@H](C)C[C@H](N(C)C)[C@H]2O)[C@@](C)(OCC#Cc2cc(-c3ccccn3)no2)C[C@@H](C)C(=O)[C@]2(C)CN[C@H]3C(=O)O[C@@]1(C)[C@H]32. The van der Waals surface area contributed by atoms with E-state index in [-0.39, 0.29) is 56.1 Å². The minimum atomic E-state index is -1.45. The highest BCUT2D eigenvalue weighted by atomic mass is 16.7. The predicted octanol–water partition coefficient (Wildman–Crippen LogP) is 4.07. The fourth-order valence-corrected chi connectivity index (χ4v) is 12.0. The molecule has 382 valence electrons. The molecule has 18 nitrogen and oxygen atoms in total. The minimum absolute atomic E-state index is 0.0519. The van der Waals surface area contributed by atoms with Crippen LogP contribution in [0.2, 0.25) is 0 Å². The Morgan fingerprint density at radius 3 is 2.36 bits per heavy atom. The molecule has 1 unspecified atom stereocenters. The van der Waals surface area contributed by atoms with E-state index in [4.69, 9.17) is 42.4 Å². The van der Waals surface area contributed by atoms with E-state index in [1.165, 1.54) is 7.11 Å². The largest absolute Gasteiger partial charge is 0.458 e. The van der Waals surface area contributed by atoms with Crippen molar-refractivity contribution in [2.45, 2.75) is 179 Å². The molecule has 0 saturated carbocycles. The first-order valence-electron chi connectivity index (χ1n) is 24.4. The number of ketones is 1. The van der Waals surface area contributed by atoms with E-state index in [0.29, 0.717) is 17.8 Å². The lowest BCUT2D eigenvalue weighted by Crippen LogP contribution is -2.61. The van der Waals surface area contributed by atoms with Crippen molar-refractivity contribution in [3.8, 4) is 23.2 Å². The van der Waals surface area contributed by atoms with Crippen molar-refractivity contribution >= 4 is 17.7 Å². The van der Waals surface area contributed by atoms with Crippen LogP contribution in [0.25, 0.3) is 11.4 Å². The molecular weight excluding hydrogens is 893 g/mol. The number of aromatic nitrogens is 2. The highest BCUT2D eigenvalue weighted by Crippen LogP contribution is 2.53. The molecular formula is C51H74N4O14. The topological polar surface area (TPSA) is 220 Å². The van der Waals surface area contributed by atoms with Gasteiger partial charge in [-0.1, -0.05) is 44.8 Å².